The molecule has 3 heterocycles. The van der Waals surface area contributed by atoms with Crippen LogP contribution in [0.4, 0.5) is 5.69 Å². The number of nitrogens with zero attached hydrogens (tertiary/aromatic N) is 1. The molecule has 3 aliphatic rings. The molecule has 8 nitrogen and oxygen atoms in total. The van der Waals surface area contributed by atoms with Gasteiger partial charge in [0, 0.05) is 13.2 Å². The van der Waals surface area contributed by atoms with Gasteiger partial charge in [-0.1, -0.05) is 23.7 Å². The fraction of sp³-hybridized carbons (Fsp3) is 0.609. The standard InChI is InChI=1S/C23H29ClN2O6/c1-3-31-22(30)16-15-9-10-23(32-15)17(16)21(29)26(11-4-5-12-27)19(23)20(28)25-18-13(2)7-6-8-14(18)24/h6-8,15-17,19,27H,3-5,9-12H2,1-2H3,(H,25,28)/t15-,16+,17+,19?,23?/m1/s1. The van der Waals surface area contributed by atoms with Gasteiger partial charge < -0.3 is 24.8 Å². The second-order valence-electron chi connectivity index (χ2n) is 8.69. The van der Waals surface area contributed by atoms with Crippen molar-refractivity contribution in [3.8, 4) is 0 Å². The SMILES string of the molecule is CCOC(=O)[C@@H]1[C@H]2C(=O)N(CCCCO)C(C(=O)Nc3c(C)cccc3Cl)C23CC[C@H]1O3. The Hall–Kier alpha value is -2.16. The normalized spacial score (nSPS) is 30.5. The number of hydrogen-bond acceptors (Lipinski definition) is 6. The predicted molar refractivity (Wildman–Crippen MR) is 117 cm³/mol. The molecule has 0 aromatic heterocycles. The van der Waals surface area contributed by atoms with E-state index in [1.54, 1.807) is 19.1 Å². The maximum atomic E-state index is 13.6. The fourth-order valence-electron chi connectivity index (χ4n) is 5.58. The maximum Gasteiger partial charge on any atom is 0.312 e. The summed E-state index contributed by atoms with van der Waals surface area (Å²) in [6.07, 6.45) is 1.71. The van der Waals surface area contributed by atoms with Crippen molar-refractivity contribution in [3.05, 3.63) is 28.8 Å². The highest BCUT2D eigenvalue weighted by atomic mass is 35.5. The number of amides is 2. The Bertz CT molecular complexity index is 903. The summed E-state index contributed by atoms with van der Waals surface area (Å²) >= 11 is 6.32. The second kappa shape index (κ2) is 9.00. The van der Waals surface area contributed by atoms with E-state index in [1.165, 1.54) is 4.90 Å². The molecule has 3 aliphatic heterocycles. The van der Waals surface area contributed by atoms with Gasteiger partial charge in [-0.25, -0.2) is 0 Å². The van der Waals surface area contributed by atoms with Crippen molar-refractivity contribution in [2.24, 2.45) is 11.8 Å². The Kier molecular flexibility index (Phi) is 6.47. The number of para-hydroxylation sites is 1. The molecule has 2 amide bonds. The summed E-state index contributed by atoms with van der Waals surface area (Å²) in [7, 11) is 0. The van der Waals surface area contributed by atoms with Crippen molar-refractivity contribution in [1.29, 1.82) is 0 Å². The Balaban J connectivity index is 1.69. The van der Waals surface area contributed by atoms with Gasteiger partial charge in [0.2, 0.25) is 11.8 Å². The van der Waals surface area contributed by atoms with E-state index in [2.05, 4.69) is 5.32 Å². The number of anilines is 1. The minimum absolute atomic E-state index is 0.00366. The predicted octanol–water partition coefficient (Wildman–Crippen LogP) is 2.30. The molecule has 1 aromatic carbocycles. The third kappa shape index (κ3) is 3.58. The molecule has 2 N–H and O–H groups in total. The lowest BCUT2D eigenvalue weighted by atomic mass is 9.70. The zero-order valence-electron chi connectivity index (χ0n) is 18.3. The molecule has 4 rings (SSSR count). The van der Waals surface area contributed by atoms with Crippen LogP contribution in [0, 0.1) is 18.8 Å². The summed E-state index contributed by atoms with van der Waals surface area (Å²) in [5, 5.41) is 12.5. The van der Waals surface area contributed by atoms with Crippen LogP contribution in [-0.2, 0) is 23.9 Å². The minimum Gasteiger partial charge on any atom is -0.466 e. The van der Waals surface area contributed by atoms with Crippen LogP contribution in [0.1, 0.15) is 38.2 Å². The van der Waals surface area contributed by atoms with Gasteiger partial charge in [0.05, 0.1) is 35.3 Å². The quantitative estimate of drug-likeness (QED) is 0.452. The molecule has 0 aliphatic carbocycles. The number of carbonyl (C=O) groups excluding carboxylic acids is 3. The molecule has 32 heavy (non-hydrogen) atoms. The molecule has 2 unspecified atom stereocenters. The summed E-state index contributed by atoms with van der Waals surface area (Å²) in [5.41, 5.74) is 0.228. The van der Waals surface area contributed by atoms with Crippen molar-refractivity contribution in [2.75, 3.05) is 25.1 Å². The number of esters is 1. The number of unbranched alkanes of at least 4 members (excludes halogenated alkanes) is 1. The molecule has 3 fully saturated rings. The van der Waals surface area contributed by atoms with E-state index in [4.69, 9.17) is 21.1 Å². The van der Waals surface area contributed by atoms with Crippen molar-refractivity contribution in [2.45, 2.75) is 57.3 Å². The smallest absolute Gasteiger partial charge is 0.312 e. The second-order valence-corrected chi connectivity index (χ2v) is 9.10. The van der Waals surface area contributed by atoms with Crippen LogP contribution in [0.3, 0.4) is 0 Å². The van der Waals surface area contributed by atoms with E-state index in [0.29, 0.717) is 42.9 Å². The zero-order valence-corrected chi connectivity index (χ0v) is 19.1. The molecule has 0 radical (unpaired) electrons. The topological polar surface area (TPSA) is 105 Å². The first-order chi connectivity index (χ1) is 15.4. The molecular formula is C23H29ClN2O6. The number of halogens is 1. The molecule has 2 bridgehead atoms. The first-order valence-corrected chi connectivity index (χ1v) is 11.5. The van der Waals surface area contributed by atoms with Gasteiger partial charge in [0.25, 0.3) is 0 Å². The van der Waals surface area contributed by atoms with E-state index in [-0.39, 0.29) is 25.0 Å². The maximum absolute atomic E-state index is 13.6. The zero-order chi connectivity index (χ0) is 23.0. The van der Waals surface area contributed by atoms with Crippen LogP contribution < -0.4 is 5.32 Å². The third-order valence-electron chi connectivity index (χ3n) is 6.88. The lowest BCUT2D eigenvalue weighted by Gasteiger charge is -2.33. The molecular weight excluding hydrogens is 436 g/mol. The van der Waals surface area contributed by atoms with Gasteiger partial charge in [-0.2, -0.15) is 0 Å². The number of aliphatic hydroxyl groups excluding tert-OH is 1. The van der Waals surface area contributed by atoms with Gasteiger partial charge in [-0.3, -0.25) is 14.4 Å². The summed E-state index contributed by atoms with van der Waals surface area (Å²) in [4.78, 5) is 41.4. The summed E-state index contributed by atoms with van der Waals surface area (Å²) < 4.78 is 11.5. The Morgan fingerprint density at radius 3 is 2.84 bits per heavy atom. The number of likely N-dealkylation sites (tertiary alicyclic amines) is 1. The van der Waals surface area contributed by atoms with Crippen molar-refractivity contribution in [3.63, 3.8) is 0 Å². The first kappa shape index (κ1) is 23.0. The van der Waals surface area contributed by atoms with Crippen molar-refractivity contribution >= 4 is 35.1 Å². The van der Waals surface area contributed by atoms with Crippen molar-refractivity contribution < 1.29 is 29.0 Å². The lowest BCUT2D eigenvalue weighted by Crippen LogP contribution is -2.53. The third-order valence-corrected chi connectivity index (χ3v) is 7.20. The van der Waals surface area contributed by atoms with E-state index in [0.717, 1.165) is 5.56 Å². The average molecular weight is 465 g/mol. The highest BCUT2D eigenvalue weighted by Gasteiger charge is 2.74. The number of rotatable bonds is 8. The Morgan fingerprint density at radius 1 is 1.38 bits per heavy atom. The largest absolute Gasteiger partial charge is 0.466 e. The highest BCUT2D eigenvalue weighted by molar-refractivity contribution is 6.34. The summed E-state index contributed by atoms with van der Waals surface area (Å²) in [6, 6.07) is 4.45. The number of fused-ring (bicyclic) bond motifs is 1. The average Bonchev–Trinajstić information content (AvgIpc) is 3.39. The molecule has 5 atom stereocenters. The highest BCUT2D eigenvalue weighted by Crippen LogP contribution is 2.58. The molecule has 1 aromatic rings. The Morgan fingerprint density at radius 2 is 2.16 bits per heavy atom. The molecule has 0 saturated carbocycles. The number of hydrogen-bond donors (Lipinski definition) is 2. The molecule has 3 saturated heterocycles. The summed E-state index contributed by atoms with van der Waals surface area (Å²) in [6.45, 7) is 4.07. The van der Waals surface area contributed by atoms with Gasteiger partial charge >= 0.3 is 5.97 Å². The van der Waals surface area contributed by atoms with E-state index in [9.17, 15) is 19.5 Å². The van der Waals surface area contributed by atoms with Crippen LogP contribution in [-0.4, -0.2) is 65.3 Å². The van der Waals surface area contributed by atoms with Gasteiger partial charge in [-0.05, 0) is 51.2 Å². The number of nitrogens with one attached hydrogen (secondary N) is 1. The number of aryl methyl sites for hydroxylation is 1. The van der Waals surface area contributed by atoms with Crippen molar-refractivity contribution in [1.82, 2.24) is 4.90 Å². The monoisotopic (exact) mass is 464 g/mol. The number of benzene rings is 1. The fourth-order valence-corrected chi connectivity index (χ4v) is 5.85. The van der Waals surface area contributed by atoms with Crippen LogP contribution in [0.15, 0.2) is 18.2 Å². The first-order valence-electron chi connectivity index (χ1n) is 11.2. The molecule has 174 valence electrons. The Labute approximate surface area is 192 Å². The van der Waals surface area contributed by atoms with Gasteiger partial charge in [0.1, 0.15) is 11.6 Å². The minimum atomic E-state index is -1.07. The van der Waals surface area contributed by atoms with Crippen LogP contribution >= 0.6 is 11.6 Å². The number of carbonyl (C=O) groups is 3. The number of ether oxygens (including phenoxy) is 2. The van der Waals surface area contributed by atoms with E-state index in [1.807, 2.05) is 13.0 Å². The van der Waals surface area contributed by atoms with Crippen LogP contribution in [0.2, 0.25) is 5.02 Å². The van der Waals surface area contributed by atoms with E-state index >= 15 is 0 Å². The van der Waals surface area contributed by atoms with E-state index < -0.39 is 35.6 Å². The lowest BCUT2D eigenvalue weighted by molar-refractivity contribution is -0.154. The van der Waals surface area contributed by atoms with Crippen LogP contribution in [0.5, 0.6) is 0 Å². The molecule has 9 heteroatoms. The number of aliphatic hydroxyl groups is 1. The molecule has 1 spiro atoms. The van der Waals surface area contributed by atoms with Gasteiger partial charge in [-0.15, -0.1) is 0 Å². The van der Waals surface area contributed by atoms with Crippen LogP contribution in [0.25, 0.3) is 0 Å². The van der Waals surface area contributed by atoms with Gasteiger partial charge in [0.15, 0.2) is 0 Å². The summed E-state index contributed by atoms with van der Waals surface area (Å²) in [5.74, 6) is -2.56.